The van der Waals surface area contributed by atoms with E-state index in [-0.39, 0.29) is 11.9 Å². The van der Waals surface area contributed by atoms with Crippen molar-refractivity contribution >= 4 is 11.6 Å². The van der Waals surface area contributed by atoms with Crippen LogP contribution in [0.2, 0.25) is 0 Å². The summed E-state index contributed by atoms with van der Waals surface area (Å²) in [4.78, 5) is 16.0. The van der Waals surface area contributed by atoms with Crippen molar-refractivity contribution in [1.82, 2.24) is 15.5 Å². The van der Waals surface area contributed by atoms with Crippen molar-refractivity contribution in [2.45, 2.75) is 26.3 Å². The second-order valence-electron chi connectivity index (χ2n) is 4.73. The van der Waals surface area contributed by atoms with Gasteiger partial charge in [0, 0.05) is 18.2 Å². The summed E-state index contributed by atoms with van der Waals surface area (Å²) in [6, 6.07) is 7.72. The fourth-order valence-corrected chi connectivity index (χ4v) is 1.63. The number of amides is 1. The first kappa shape index (κ1) is 14.2. The quantitative estimate of drug-likeness (QED) is 0.868. The Hall–Kier alpha value is -2.21. The first-order valence-corrected chi connectivity index (χ1v) is 6.46. The van der Waals surface area contributed by atoms with Crippen molar-refractivity contribution in [3.63, 3.8) is 0 Å². The van der Waals surface area contributed by atoms with Crippen LogP contribution in [0.25, 0.3) is 0 Å². The molecular formula is C14H18N4O2. The zero-order chi connectivity index (χ0) is 14.5. The number of rotatable bonds is 5. The molecule has 6 nitrogen and oxygen atoms in total. The minimum Gasteiger partial charge on any atom is -0.329 e. The Balaban J connectivity index is 2.00. The summed E-state index contributed by atoms with van der Waals surface area (Å²) < 4.78 is 4.97. The Kier molecular flexibility index (Phi) is 4.47. The van der Waals surface area contributed by atoms with E-state index in [1.165, 1.54) is 0 Å². The Bertz CT molecular complexity index is 577. The van der Waals surface area contributed by atoms with Crippen LogP contribution < -0.4 is 10.6 Å². The van der Waals surface area contributed by atoms with Gasteiger partial charge in [0.1, 0.15) is 0 Å². The topological polar surface area (TPSA) is 80.0 Å². The predicted octanol–water partition coefficient (Wildman–Crippen LogP) is 1.78. The van der Waals surface area contributed by atoms with E-state index in [0.29, 0.717) is 17.9 Å². The maximum absolute atomic E-state index is 11.9. The maximum atomic E-state index is 11.9. The van der Waals surface area contributed by atoms with Crippen LogP contribution in [0.5, 0.6) is 0 Å². The molecule has 0 saturated heterocycles. The highest BCUT2D eigenvalue weighted by Gasteiger charge is 2.16. The molecule has 106 valence electrons. The minimum absolute atomic E-state index is 0.0242. The van der Waals surface area contributed by atoms with Gasteiger partial charge in [0.05, 0.1) is 0 Å². The van der Waals surface area contributed by atoms with Crippen molar-refractivity contribution in [1.29, 1.82) is 0 Å². The third-order valence-electron chi connectivity index (χ3n) is 2.95. The highest BCUT2D eigenvalue weighted by Crippen LogP contribution is 2.10. The van der Waals surface area contributed by atoms with Gasteiger partial charge in [-0.05, 0) is 33.0 Å². The minimum atomic E-state index is -0.398. The van der Waals surface area contributed by atoms with Gasteiger partial charge < -0.3 is 15.2 Å². The van der Waals surface area contributed by atoms with Gasteiger partial charge in [-0.15, -0.1) is 0 Å². The van der Waals surface area contributed by atoms with Gasteiger partial charge in [-0.1, -0.05) is 22.9 Å². The summed E-state index contributed by atoms with van der Waals surface area (Å²) in [5, 5.41) is 9.58. The van der Waals surface area contributed by atoms with Crippen molar-refractivity contribution in [3.8, 4) is 0 Å². The fraction of sp³-hybridized carbons (Fsp3) is 0.357. The van der Waals surface area contributed by atoms with Gasteiger partial charge in [0.15, 0.2) is 5.82 Å². The normalized spacial score (nSPS) is 12.2. The summed E-state index contributed by atoms with van der Waals surface area (Å²) in [6.45, 7) is 3.99. The van der Waals surface area contributed by atoms with Gasteiger partial charge in [-0.25, -0.2) is 0 Å². The van der Waals surface area contributed by atoms with Crippen LogP contribution in [0.1, 0.15) is 29.0 Å². The lowest BCUT2D eigenvalue weighted by molar-refractivity contribution is 0.0981. The summed E-state index contributed by atoms with van der Waals surface area (Å²) >= 11 is 0. The monoisotopic (exact) mass is 274 g/mol. The van der Waals surface area contributed by atoms with Crippen LogP contribution in [-0.4, -0.2) is 29.1 Å². The number of benzene rings is 1. The Morgan fingerprint density at radius 1 is 1.35 bits per heavy atom. The lowest BCUT2D eigenvalue weighted by Crippen LogP contribution is -2.24. The molecule has 20 heavy (non-hydrogen) atoms. The molecule has 2 aromatic rings. The molecule has 0 spiro atoms. The largest absolute Gasteiger partial charge is 0.329 e. The number of aromatic nitrogens is 2. The molecule has 1 aromatic carbocycles. The summed E-state index contributed by atoms with van der Waals surface area (Å²) in [6.07, 6.45) is 0.609. The number of carbonyl (C=O) groups excluding carboxylic acids is 1. The zero-order valence-electron chi connectivity index (χ0n) is 11.8. The molecule has 6 heteroatoms. The number of likely N-dealkylation sites (N-methyl/N-ethyl adjacent to an activating group) is 1. The Labute approximate surface area is 117 Å². The molecule has 2 rings (SSSR count). The van der Waals surface area contributed by atoms with E-state index in [0.717, 1.165) is 5.56 Å². The van der Waals surface area contributed by atoms with Crippen molar-refractivity contribution in [2.75, 3.05) is 12.4 Å². The van der Waals surface area contributed by atoms with Crippen LogP contribution >= 0.6 is 0 Å². The molecular weight excluding hydrogens is 256 g/mol. The number of aryl methyl sites for hydroxylation is 1. The molecule has 0 bridgehead atoms. The second kappa shape index (κ2) is 6.29. The third kappa shape index (κ3) is 3.64. The number of nitrogens with one attached hydrogen (secondary N) is 2. The first-order valence-electron chi connectivity index (χ1n) is 6.46. The van der Waals surface area contributed by atoms with Gasteiger partial charge in [-0.2, -0.15) is 4.98 Å². The average Bonchev–Trinajstić information content (AvgIpc) is 2.89. The van der Waals surface area contributed by atoms with E-state index in [1.54, 1.807) is 0 Å². The van der Waals surface area contributed by atoms with Crippen LogP contribution in [0.15, 0.2) is 28.8 Å². The van der Waals surface area contributed by atoms with Crippen molar-refractivity contribution < 1.29 is 9.32 Å². The van der Waals surface area contributed by atoms with Crippen LogP contribution in [-0.2, 0) is 6.42 Å². The van der Waals surface area contributed by atoms with Crippen LogP contribution in [0.3, 0.4) is 0 Å². The van der Waals surface area contributed by atoms with E-state index in [2.05, 4.69) is 20.8 Å². The second-order valence-corrected chi connectivity index (χ2v) is 4.73. The number of nitrogens with zero attached hydrogens (tertiary/aromatic N) is 2. The lowest BCUT2D eigenvalue weighted by atomic mass is 10.2. The molecule has 0 saturated carbocycles. The first-order chi connectivity index (χ1) is 9.58. The number of anilines is 1. The molecule has 1 atom stereocenters. The lowest BCUT2D eigenvalue weighted by Gasteiger charge is -2.04. The van der Waals surface area contributed by atoms with E-state index < -0.39 is 5.91 Å². The Morgan fingerprint density at radius 2 is 2.05 bits per heavy atom. The number of hydrogen-bond acceptors (Lipinski definition) is 5. The summed E-state index contributed by atoms with van der Waals surface area (Å²) in [7, 11) is 1.86. The predicted molar refractivity (Wildman–Crippen MR) is 75.7 cm³/mol. The zero-order valence-corrected chi connectivity index (χ0v) is 11.8. The van der Waals surface area contributed by atoms with Crippen molar-refractivity contribution in [2.24, 2.45) is 0 Å². The van der Waals surface area contributed by atoms with E-state index in [1.807, 2.05) is 45.2 Å². The van der Waals surface area contributed by atoms with E-state index in [4.69, 9.17) is 4.52 Å². The molecule has 1 heterocycles. The molecule has 0 radical (unpaired) electrons. The van der Waals surface area contributed by atoms with Gasteiger partial charge in [-0.3, -0.25) is 4.79 Å². The summed E-state index contributed by atoms with van der Waals surface area (Å²) in [5.41, 5.74) is 1.83. The molecule has 1 unspecified atom stereocenters. The molecule has 0 fully saturated rings. The molecule has 1 amide bonds. The molecule has 0 aliphatic heterocycles. The number of hydrogen-bond donors (Lipinski definition) is 2. The molecule has 1 aromatic heterocycles. The molecule has 2 N–H and O–H groups in total. The SMILES string of the molecule is CNC(C)Cc1noc(C(=O)Nc2ccc(C)cc2)n1. The Morgan fingerprint density at radius 3 is 2.70 bits per heavy atom. The van der Waals surface area contributed by atoms with Gasteiger partial charge in [0.2, 0.25) is 0 Å². The average molecular weight is 274 g/mol. The molecule has 0 aliphatic carbocycles. The van der Waals surface area contributed by atoms with Gasteiger partial charge in [0.25, 0.3) is 0 Å². The van der Waals surface area contributed by atoms with E-state index in [9.17, 15) is 4.79 Å². The molecule has 0 aliphatic rings. The highest BCUT2D eigenvalue weighted by atomic mass is 16.5. The smallest absolute Gasteiger partial charge is 0.316 e. The van der Waals surface area contributed by atoms with E-state index >= 15 is 0 Å². The standard InChI is InChI=1S/C14H18N4O2/c1-9-4-6-11(7-5-9)16-13(19)14-17-12(18-20-14)8-10(2)15-3/h4-7,10,15H,8H2,1-3H3,(H,16,19). The van der Waals surface area contributed by atoms with Crippen molar-refractivity contribution in [3.05, 3.63) is 41.5 Å². The third-order valence-corrected chi connectivity index (χ3v) is 2.95. The van der Waals surface area contributed by atoms with Gasteiger partial charge >= 0.3 is 11.8 Å². The highest BCUT2D eigenvalue weighted by molar-refractivity contribution is 6.00. The van der Waals surface area contributed by atoms with Crippen LogP contribution in [0, 0.1) is 6.92 Å². The fourth-order valence-electron chi connectivity index (χ4n) is 1.63. The number of carbonyl (C=O) groups is 1. The summed E-state index contributed by atoms with van der Waals surface area (Å²) in [5.74, 6) is 0.0921. The van der Waals surface area contributed by atoms with Crippen LogP contribution in [0.4, 0.5) is 5.69 Å². The maximum Gasteiger partial charge on any atom is 0.316 e.